The first kappa shape index (κ1) is 24.5. The maximum atomic E-state index is 15.2. The third-order valence-electron chi connectivity index (χ3n) is 5.62. The molecule has 0 amide bonds. The largest absolute Gasteiger partial charge is 0.418 e. The van der Waals surface area contributed by atoms with Gasteiger partial charge < -0.3 is 9.55 Å². The molecule has 0 unspecified atom stereocenters. The molecule has 3 aromatic rings. The van der Waals surface area contributed by atoms with Crippen LogP contribution < -0.4 is 10.3 Å². The second-order valence-corrected chi connectivity index (χ2v) is 11.9. The molecule has 4 rings (SSSR count). The number of sulfonamides is 1. The van der Waals surface area contributed by atoms with Gasteiger partial charge in [-0.2, -0.15) is 13.2 Å². The Bertz CT molecular complexity index is 1410. The predicted molar refractivity (Wildman–Crippen MR) is 121 cm³/mol. The van der Waals surface area contributed by atoms with Crippen molar-refractivity contribution in [3.8, 4) is 11.3 Å². The number of nitrogens with zero attached hydrogens (tertiary/aromatic N) is 1. The van der Waals surface area contributed by atoms with E-state index >= 15 is 4.39 Å². The van der Waals surface area contributed by atoms with Gasteiger partial charge in [-0.3, -0.25) is 4.79 Å². The summed E-state index contributed by atoms with van der Waals surface area (Å²) in [5.74, 6) is -0.959. The average molecular weight is 500 g/mol. The molecule has 34 heavy (non-hydrogen) atoms. The number of hydrogen-bond acceptors (Lipinski definition) is 3. The van der Waals surface area contributed by atoms with Crippen LogP contribution in [0.1, 0.15) is 44.7 Å². The first-order chi connectivity index (χ1) is 15.7. The Balaban J connectivity index is 1.88. The summed E-state index contributed by atoms with van der Waals surface area (Å²) >= 11 is 0. The zero-order chi connectivity index (χ0) is 25.1. The molecule has 2 N–H and O–H groups in total. The fourth-order valence-corrected chi connectivity index (χ4v) is 5.30. The highest BCUT2D eigenvalue weighted by Crippen LogP contribution is 2.38. The highest BCUT2D eigenvalue weighted by Gasteiger charge is 2.36. The number of aromatic nitrogens is 2. The van der Waals surface area contributed by atoms with Gasteiger partial charge in [0.25, 0.3) is 0 Å². The zero-order valence-corrected chi connectivity index (χ0v) is 19.7. The molecule has 1 aliphatic carbocycles. The number of hydrogen-bond donors (Lipinski definition) is 2. The van der Waals surface area contributed by atoms with Gasteiger partial charge in [0.15, 0.2) is 0 Å². The summed E-state index contributed by atoms with van der Waals surface area (Å²) in [5.41, 5.74) is -2.28. The Labute approximate surface area is 194 Å². The van der Waals surface area contributed by atoms with Crippen LogP contribution in [0.25, 0.3) is 22.2 Å². The van der Waals surface area contributed by atoms with Crippen molar-refractivity contribution in [3.05, 3.63) is 57.8 Å². The van der Waals surface area contributed by atoms with E-state index in [2.05, 4.69) is 9.71 Å². The van der Waals surface area contributed by atoms with Gasteiger partial charge in [0.05, 0.1) is 16.5 Å². The summed E-state index contributed by atoms with van der Waals surface area (Å²) in [6.45, 7) is 6.28. The Kier molecular flexibility index (Phi) is 5.92. The first-order valence-corrected chi connectivity index (χ1v) is 12.3. The van der Waals surface area contributed by atoms with Gasteiger partial charge >= 0.3 is 6.18 Å². The van der Waals surface area contributed by atoms with Crippen molar-refractivity contribution >= 4 is 20.9 Å². The van der Waals surface area contributed by atoms with Gasteiger partial charge in [-0.15, -0.1) is 0 Å². The number of halogens is 4. The number of alkyl halides is 3. The molecule has 0 spiro atoms. The Morgan fingerprint density at radius 2 is 1.82 bits per heavy atom. The molecular formula is C23H25F4N3O3S. The summed E-state index contributed by atoms with van der Waals surface area (Å²) in [5, 5.41) is -0.0368. The van der Waals surface area contributed by atoms with Crippen molar-refractivity contribution in [2.75, 3.05) is 0 Å². The van der Waals surface area contributed by atoms with Gasteiger partial charge in [-0.1, -0.05) is 20.8 Å². The Hall–Kier alpha value is -2.66. The van der Waals surface area contributed by atoms with Gasteiger partial charge in [-0.05, 0) is 42.0 Å². The van der Waals surface area contributed by atoms with Gasteiger partial charge in [0, 0.05) is 41.8 Å². The number of pyridine rings is 1. The van der Waals surface area contributed by atoms with E-state index in [1.54, 1.807) is 10.8 Å². The van der Waals surface area contributed by atoms with E-state index in [0.717, 1.165) is 12.1 Å². The molecule has 1 saturated carbocycles. The van der Waals surface area contributed by atoms with E-state index in [0.29, 0.717) is 41.9 Å². The predicted octanol–water partition coefficient (Wildman–Crippen LogP) is 4.78. The SMILES string of the molecule is CC(C)(C)Cn1cc(CNS(=O)(=O)C2CC2)c2cc(F)c(-c3[nH]c(=O)ccc3C(F)(F)F)cc21. The van der Waals surface area contributed by atoms with Crippen LogP contribution in [0.5, 0.6) is 0 Å². The summed E-state index contributed by atoms with van der Waals surface area (Å²) in [7, 11) is -3.49. The molecule has 184 valence electrons. The van der Waals surface area contributed by atoms with Crippen molar-refractivity contribution < 1.29 is 26.0 Å². The Morgan fingerprint density at radius 3 is 2.41 bits per heavy atom. The monoisotopic (exact) mass is 499 g/mol. The molecular weight excluding hydrogens is 474 g/mol. The number of nitrogens with one attached hydrogen (secondary N) is 2. The number of benzene rings is 1. The molecule has 1 aromatic carbocycles. The molecule has 0 saturated heterocycles. The van der Waals surface area contributed by atoms with Crippen molar-refractivity contribution in [2.45, 2.75) is 58.1 Å². The normalized spacial score (nSPS) is 15.3. The molecule has 1 fully saturated rings. The van der Waals surface area contributed by atoms with Crippen LogP contribution in [0, 0.1) is 11.2 Å². The van der Waals surface area contributed by atoms with E-state index in [9.17, 15) is 26.4 Å². The fourth-order valence-electron chi connectivity index (χ4n) is 3.96. The second-order valence-electron chi connectivity index (χ2n) is 9.87. The fraction of sp³-hybridized carbons (Fsp3) is 0.435. The van der Waals surface area contributed by atoms with E-state index in [1.807, 2.05) is 20.8 Å². The lowest BCUT2D eigenvalue weighted by molar-refractivity contribution is -0.137. The van der Waals surface area contributed by atoms with Crippen LogP contribution in [0.4, 0.5) is 17.6 Å². The van der Waals surface area contributed by atoms with E-state index in [1.165, 1.54) is 6.07 Å². The van der Waals surface area contributed by atoms with Crippen molar-refractivity contribution in [1.29, 1.82) is 0 Å². The van der Waals surface area contributed by atoms with E-state index in [-0.39, 0.29) is 12.0 Å². The number of H-pyrrole nitrogens is 1. The number of rotatable bonds is 6. The molecule has 0 atom stereocenters. The van der Waals surface area contributed by atoms with Gasteiger partial charge in [0.1, 0.15) is 5.82 Å². The summed E-state index contributed by atoms with van der Waals surface area (Å²) < 4.78 is 84.8. The van der Waals surface area contributed by atoms with Crippen LogP contribution in [0.2, 0.25) is 0 Å². The summed E-state index contributed by atoms with van der Waals surface area (Å²) in [4.78, 5) is 13.9. The minimum absolute atomic E-state index is 0.0682. The van der Waals surface area contributed by atoms with Crippen LogP contribution in [-0.4, -0.2) is 23.2 Å². The molecule has 0 bridgehead atoms. The van der Waals surface area contributed by atoms with Gasteiger partial charge in [0.2, 0.25) is 15.6 Å². The molecule has 0 aliphatic heterocycles. The molecule has 11 heteroatoms. The molecule has 2 aromatic heterocycles. The summed E-state index contributed by atoms with van der Waals surface area (Å²) in [6, 6.07) is 3.74. The molecule has 6 nitrogen and oxygen atoms in total. The molecule has 1 aliphatic rings. The number of fused-ring (bicyclic) bond motifs is 1. The minimum atomic E-state index is -4.80. The van der Waals surface area contributed by atoms with Crippen LogP contribution in [0.3, 0.4) is 0 Å². The third kappa shape index (κ3) is 5.05. The van der Waals surface area contributed by atoms with Crippen molar-refractivity contribution in [2.24, 2.45) is 5.41 Å². The first-order valence-electron chi connectivity index (χ1n) is 10.8. The quantitative estimate of drug-likeness (QED) is 0.479. The van der Waals surface area contributed by atoms with Crippen LogP contribution in [0.15, 0.2) is 35.3 Å². The van der Waals surface area contributed by atoms with Crippen molar-refractivity contribution in [1.82, 2.24) is 14.3 Å². The smallest absolute Gasteiger partial charge is 0.347 e. The number of aromatic amines is 1. The second kappa shape index (κ2) is 8.23. The highest BCUT2D eigenvalue weighted by atomic mass is 32.2. The highest BCUT2D eigenvalue weighted by molar-refractivity contribution is 7.90. The maximum Gasteiger partial charge on any atom is 0.418 e. The van der Waals surface area contributed by atoms with E-state index in [4.69, 9.17) is 0 Å². The minimum Gasteiger partial charge on any atom is -0.347 e. The summed E-state index contributed by atoms with van der Waals surface area (Å²) in [6.07, 6.45) is -1.93. The zero-order valence-electron chi connectivity index (χ0n) is 18.9. The van der Waals surface area contributed by atoms with Gasteiger partial charge in [-0.25, -0.2) is 17.5 Å². The lowest BCUT2D eigenvalue weighted by Crippen LogP contribution is -2.26. The molecule has 0 radical (unpaired) electrons. The van der Waals surface area contributed by atoms with E-state index < -0.39 is 49.6 Å². The Morgan fingerprint density at radius 1 is 1.15 bits per heavy atom. The lowest BCUT2D eigenvalue weighted by atomic mass is 9.96. The third-order valence-corrected chi connectivity index (χ3v) is 7.51. The average Bonchev–Trinajstić information content (AvgIpc) is 3.50. The van der Waals surface area contributed by atoms with Crippen LogP contribution in [-0.2, 0) is 29.3 Å². The van der Waals surface area contributed by atoms with Crippen molar-refractivity contribution in [3.63, 3.8) is 0 Å². The standard InChI is InChI=1S/C23H25F4N3O3S/c1-22(2,3)12-30-11-13(10-28-34(32,33)14-4-5-14)15-8-18(24)16(9-19(15)30)21-17(23(25,26)27)6-7-20(31)29-21/h6-9,11,14,28H,4-5,10,12H2,1-3H3,(H,29,31). The molecule has 2 heterocycles. The lowest BCUT2D eigenvalue weighted by Gasteiger charge is -2.20. The van der Waals surface area contributed by atoms with Crippen LogP contribution >= 0.6 is 0 Å². The maximum absolute atomic E-state index is 15.2. The topological polar surface area (TPSA) is 84.0 Å².